The van der Waals surface area contributed by atoms with Crippen LogP contribution in [0.15, 0.2) is 84.5 Å². The van der Waals surface area contributed by atoms with E-state index in [9.17, 15) is 0 Å². The number of aryl methyl sites for hydroxylation is 1. The molecule has 38 heavy (non-hydrogen) atoms. The van der Waals surface area contributed by atoms with Gasteiger partial charge in [0.15, 0.2) is 5.82 Å². The fourth-order valence-electron chi connectivity index (χ4n) is 4.03. The van der Waals surface area contributed by atoms with E-state index in [2.05, 4.69) is 83.6 Å². The molecule has 0 unspecified atom stereocenters. The van der Waals surface area contributed by atoms with Gasteiger partial charge < -0.3 is 15.8 Å². The number of anilines is 3. The number of nitrogens with two attached hydrogens (primary N) is 1. The van der Waals surface area contributed by atoms with Crippen LogP contribution in [0.3, 0.4) is 0 Å². The van der Waals surface area contributed by atoms with Crippen molar-refractivity contribution in [3.8, 4) is 33.5 Å². The standard InChI is InChI=1S/C28H20IN7OS/c1-16-14-23(38-15-16)25-24-20(4-2-6-21(24)29)26(36-35-25)33-17-7-9-18(10-8-17)37-27-19(5-3-12-31-27)22-11-13-32-28(30)34-22/h2-15H,1H3,(H,33,36)(H2,30,32,34). The van der Waals surface area contributed by atoms with Crippen molar-refractivity contribution in [3.63, 3.8) is 0 Å². The maximum atomic E-state index is 6.09. The molecule has 0 radical (unpaired) electrons. The molecule has 3 N–H and O–H groups in total. The maximum absolute atomic E-state index is 6.09. The first-order chi connectivity index (χ1) is 18.5. The molecule has 4 aromatic heterocycles. The Morgan fingerprint density at radius 3 is 2.61 bits per heavy atom. The zero-order chi connectivity index (χ0) is 26.1. The molecule has 4 heterocycles. The fourth-order valence-corrected chi connectivity index (χ4v) is 5.67. The third kappa shape index (κ3) is 4.87. The predicted octanol–water partition coefficient (Wildman–Crippen LogP) is 7.24. The molecule has 0 aliphatic rings. The summed E-state index contributed by atoms with van der Waals surface area (Å²) in [5.41, 5.74) is 10.1. The number of pyridine rings is 1. The Kier molecular flexibility index (Phi) is 6.56. The highest BCUT2D eigenvalue weighted by Gasteiger charge is 2.16. The lowest BCUT2D eigenvalue weighted by molar-refractivity contribution is 0.465. The minimum atomic E-state index is 0.191. The van der Waals surface area contributed by atoms with Crippen molar-refractivity contribution in [2.45, 2.75) is 6.92 Å². The third-order valence-electron chi connectivity index (χ3n) is 5.77. The Morgan fingerprint density at radius 1 is 0.947 bits per heavy atom. The zero-order valence-corrected chi connectivity index (χ0v) is 23.1. The van der Waals surface area contributed by atoms with Gasteiger partial charge in [-0.05, 0) is 95.1 Å². The number of nitrogens with one attached hydrogen (secondary N) is 1. The quantitative estimate of drug-likeness (QED) is 0.186. The van der Waals surface area contributed by atoms with Gasteiger partial charge in [0.25, 0.3) is 0 Å². The van der Waals surface area contributed by atoms with Crippen molar-refractivity contribution in [3.05, 3.63) is 93.6 Å². The van der Waals surface area contributed by atoms with Gasteiger partial charge in [0, 0.05) is 32.4 Å². The summed E-state index contributed by atoms with van der Waals surface area (Å²) in [6, 6.07) is 21.4. The molecule has 0 saturated carbocycles. The molecule has 6 rings (SSSR count). The van der Waals surface area contributed by atoms with Crippen molar-refractivity contribution in [1.82, 2.24) is 25.1 Å². The van der Waals surface area contributed by atoms with Crippen molar-refractivity contribution in [2.75, 3.05) is 11.1 Å². The minimum absolute atomic E-state index is 0.191. The van der Waals surface area contributed by atoms with Gasteiger partial charge in [0.05, 0.1) is 16.1 Å². The summed E-state index contributed by atoms with van der Waals surface area (Å²) in [7, 11) is 0. The van der Waals surface area contributed by atoms with E-state index in [1.807, 2.05) is 42.5 Å². The second-order valence-corrected chi connectivity index (χ2v) is 10.5. The summed E-state index contributed by atoms with van der Waals surface area (Å²) in [5.74, 6) is 1.94. The van der Waals surface area contributed by atoms with Crippen LogP contribution in [0, 0.1) is 10.5 Å². The number of ether oxygens (including phenoxy) is 1. The second kappa shape index (κ2) is 10.3. The molecule has 8 nitrogen and oxygen atoms in total. The van der Waals surface area contributed by atoms with Crippen LogP contribution in [0.5, 0.6) is 11.6 Å². The number of rotatable bonds is 6. The number of hydrogen-bond acceptors (Lipinski definition) is 9. The molecule has 2 aromatic carbocycles. The molecule has 0 aliphatic carbocycles. The maximum Gasteiger partial charge on any atom is 0.228 e. The van der Waals surface area contributed by atoms with Crippen LogP contribution < -0.4 is 15.8 Å². The van der Waals surface area contributed by atoms with Gasteiger partial charge in [-0.3, -0.25) is 0 Å². The summed E-state index contributed by atoms with van der Waals surface area (Å²) in [4.78, 5) is 13.7. The van der Waals surface area contributed by atoms with E-state index in [0.29, 0.717) is 23.1 Å². The first-order valence-corrected chi connectivity index (χ1v) is 13.6. The number of thiophene rings is 1. The van der Waals surface area contributed by atoms with E-state index in [0.717, 1.165) is 36.2 Å². The normalized spacial score (nSPS) is 11.0. The molecular weight excluding hydrogens is 609 g/mol. The highest BCUT2D eigenvalue weighted by Crippen LogP contribution is 2.37. The summed E-state index contributed by atoms with van der Waals surface area (Å²) < 4.78 is 7.22. The van der Waals surface area contributed by atoms with Crippen LogP contribution >= 0.6 is 33.9 Å². The Morgan fingerprint density at radius 2 is 1.82 bits per heavy atom. The first-order valence-electron chi connectivity index (χ1n) is 11.6. The van der Waals surface area contributed by atoms with E-state index in [1.54, 1.807) is 29.8 Å². The lowest BCUT2D eigenvalue weighted by atomic mass is 10.1. The summed E-state index contributed by atoms with van der Waals surface area (Å²) in [6.07, 6.45) is 3.28. The zero-order valence-electron chi connectivity index (χ0n) is 20.1. The van der Waals surface area contributed by atoms with E-state index < -0.39 is 0 Å². The second-order valence-electron chi connectivity index (χ2n) is 8.46. The van der Waals surface area contributed by atoms with Gasteiger partial charge in [-0.2, -0.15) is 0 Å². The molecule has 0 aliphatic heterocycles. The number of nitrogens with zero attached hydrogens (tertiary/aromatic N) is 5. The first kappa shape index (κ1) is 24.2. The van der Waals surface area contributed by atoms with Crippen molar-refractivity contribution in [1.29, 1.82) is 0 Å². The topological polar surface area (TPSA) is 112 Å². The van der Waals surface area contributed by atoms with Gasteiger partial charge in [0.2, 0.25) is 11.8 Å². The molecule has 0 atom stereocenters. The van der Waals surface area contributed by atoms with Crippen LogP contribution in [0.4, 0.5) is 17.5 Å². The SMILES string of the molecule is Cc1csc(-c2nnc(Nc3ccc(Oc4ncccc4-c4ccnc(N)n4)cc3)c3cccc(I)c23)c1. The van der Waals surface area contributed by atoms with Gasteiger partial charge in [-0.1, -0.05) is 12.1 Å². The molecule has 186 valence electrons. The van der Waals surface area contributed by atoms with Gasteiger partial charge in [-0.15, -0.1) is 21.5 Å². The molecule has 0 saturated heterocycles. The van der Waals surface area contributed by atoms with Crippen molar-refractivity contribution < 1.29 is 4.74 Å². The van der Waals surface area contributed by atoms with Crippen LogP contribution in [0.25, 0.3) is 32.6 Å². The molecule has 6 aromatic rings. The Labute approximate surface area is 236 Å². The van der Waals surface area contributed by atoms with Gasteiger partial charge >= 0.3 is 0 Å². The summed E-state index contributed by atoms with van der Waals surface area (Å²) in [6.45, 7) is 2.09. The highest BCUT2D eigenvalue weighted by atomic mass is 127. The predicted molar refractivity (Wildman–Crippen MR) is 160 cm³/mol. The number of hydrogen-bond donors (Lipinski definition) is 2. The van der Waals surface area contributed by atoms with Crippen LogP contribution in [0.2, 0.25) is 0 Å². The number of benzene rings is 2. The lowest BCUT2D eigenvalue weighted by Crippen LogP contribution is -2.00. The average Bonchev–Trinajstić information content (AvgIpc) is 3.36. The van der Waals surface area contributed by atoms with Crippen LogP contribution in [-0.2, 0) is 0 Å². The largest absolute Gasteiger partial charge is 0.438 e. The molecule has 0 spiro atoms. The average molecular weight is 629 g/mol. The van der Waals surface area contributed by atoms with Gasteiger partial charge in [0.1, 0.15) is 11.4 Å². The number of fused-ring (bicyclic) bond motifs is 1. The van der Waals surface area contributed by atoms with Gasteiger partial charge in [-0.25, -0.2) is 15.0 Å². The van der Waals surface area contributed by atoms with Crippen molar-refractivity contribution in [2.24, 2.45) is 0 Å². The Balaban J connectivity index is 1.28. The van der Waals surface area contributed by atoms with Crippen LogP contribution in [0.1, 0.15) is 5.56 Å². The van der Waals surface area contributed by atoms with E-state index >= 15 is 0 Å². The van der Waals surface area contributed by atoms with E-state index in [-0.39, 0.29) is 5.95 Å². The summed E-state index contributed by atoms with van der Waals surface area (Å²) >= 11 is 4.04. The number of halogens is 1. The Bertz CT molecular complexity index is 1770. The molecule has 10 heteroatoms. The van der Waals surface area contributed by atoms with Crippen LogP contribution in [-0.4, -0.2) is 25.1 Å². The molecular formula is C28H20IN7OS. The molecule has 0 fully saturated rings. The minimum Gasteiger partial charge on any atom is -0.438 e. The fraction of sp³-hybridized carbons (Fsp3) is 0.0357. The number of aromatic nitrogens is 5. The van der Waals surface area contributed by atoms with Crippen molar-refractivity contribution >= 4 is 62.2 Å². The highest BCUT2D eigenvalue weighted by molar-refractivity contribution is 14.1. The monoisotopic (exact) mass is 629 g/mol. The summed E-state index contributed by atoms with van der Waals surface area (Å²) in [5, 5.41) is 16.8. The van der Waals surface area contributed by atoms with E-state index in [1.165, 1.54) is 5.56 Å². The molecule has 0 amide bonds. The molecule has 0 bridgehead atoms. The Hall–Kier alpha value is -4.16. The van der Waals surface area contributed by atoms with E-state index in [4.69, 9.17) is 10.5 Å². The third-order valence-corrected chi connectivity index (χ3v) is 7.73. The lowest BCUT2D eigenvalue weighted by Gasteiger charge is -2.13. The number of nitrogen functional groups attached to an aromatic ring is 1. The smallest absolute Gasteiger partial charge is 0.228 e.